The average molecular weight is 414 g/mol. The molecule has 0 aliphatic carbocycles. The van der Waals surface area contributed by atoms with E-state index >= 15 is 0 Å². The van der Waals surface area contributed by atoms with Gasteiger partial charge in [-0.1, -0.05) is 6.92 Å². The Morgan fingerprint density at radius 1 is 1.20 bits per heavy atom. The second kappa shape index (κ2) is 7.66. The number of aryl methyl sites for hydroxylation is 2. The van der Waals surface area contributed by atoms with Crippen LogP contribution in [-0.4, -0.2) is 60.7 Å². The van der Waals surface area contributed by atoms with Crippen LogP contribution in [0.25, 0.3) is 11.0 Å². The molecule has 4 rings (SSSR count). The van der Waals surface area contributed by atoms with Gasteiger partial charge in [0.1, 0.15) is 16.9 Å². The van der Waals surface area contributed by atoms with Gasteiger partial charge in [-0.25, -0.2) is 9.59 Å². The Morgan fingerprint density at radius 3 is 2.57 bits per heavy atom. The van der Waals surface area contributed by atoms with Crippen molar-refractivity contribution in [3.05, 3.63) is 39.7 Å². The first-order valence-corrected chi connectivity index (χ1v) is 10.2. The van der Waals surface area contributed by atoms with Gasteiger partial charge in [0, 0.05) is 39.0 Å². The molecule has 2 aliphatic heterocycles. The summed E-state index contributed by atoms with van der Waals surface area (Å²) in [4.78, 5) is 39.6. The van der Waals surface area contributed by atoms with E-state index in [1.807, 2.05) is 19.9 Å². The van der Waals surface area contributed by atoms with E-state index in [4.69, 9.17) is 13.9 Å². The minimum Gasteiger partial charge on any atom is -0.483 e. The van der Waals surface area contributed by atoms with E-state index in [2.05, 4.69) is 0 Å². The molecule has 2 fully saturated rings. The van der Waals surface area contributed by atoms with Gasteiger partial charge in [0.15, 0.2) is 6.61 Å². The van der Waals surface area contributed by atoms with Gasteiger partial charge >= 0.3 is 11.7 Å². The molecule has 8 heteroatoms. The van der Waals surface area contributed by atoms with Gasteiger partial charge in [-0.05, 0) is 36.6 Å². The standard InChI is InChI=1S/C22H26N2O6/c1-4-15-11-19(26)29-17-10-14(2)9-16(20(15)17)28-12-18(25)24-7-5-22(6-8-24)13-23(3)21(27)30-22/h9-11H,4-8,12-13H2,1-3H3. The zero-order valence-electron chi connectivity index (χ0n) is 17.5. The topological polar surface area (TPSA) is 89.3 Å². The number of fused-ring (bicyclic) bond motifs is 1. The van der Waals surface area contributed by atoms with Crippen LogP contribution >= 0.6 is 0 Å². The van der Waals surface area contributed by atoms with Crippen LogP contribution < -0.4 is 10.4 Å². The fourth-order valence-electron chi connectivity index (χ4n) is 4.31. The van der Waals surface area contributed by atoms with Crippen molar-refractivity contribution in [2.24, 2.45) is 0 Å². The number of benzene rings is 1. The number of rotatable bonds is 4. The molecule has 1 spiro atoms. The van der Waals surface area contributed by atoms with E-state index in [-0.39, 0.29) is 18.6 Å². The second-order valence-electron chi connectivity index (χ2n) is 8.16. The van der Waals surface area contributed by atoms with Crippen LogP contribution in [0, 0.1) is 6.92 Å². The average Bonchev–Trinajstić information content (AvgIpc) is 2.98. The fourth-order valence-corrected chi connectivity index (χ4v) is 4.31. The summed E-state index contributed by atoms with van der Waals surface area (Å²) in [6.45, 7) is 5.34. The summed E-state index contributed by atoms with van der Waals surface area (Å²) in [5.74, 6) is 0.423. The van der Waals surface area contributed by atoms with Crippen LogP contribution in [-0.2, 0) is 16.0 Å². The number of hydrogen-bond acceptors (Lipinski definition) is 6. The molecule has 0 unspecified atom stereocenters. The molecule has 160 valence electrons. The molecule has 1 aromatic heterocycles. The van der Waals surface area contributed by atoms with E-state index in [1.54, 1.807) is 22.9 Å². The molecule has 2 aliphatic rings. The predicted molar refractivity (Wildman–Crippen MR) is 110 cm³/mol. The number of amides is 2. The lowest BCUT2D eigenvalue weighted by Crippen LogP contribution is -2.49. The predicted octanol–water partition coefficient (Wildman–Crippen LogP) is 2.49. The Morgan fingerprint density at radius 2 is 1.93 bits per heavy atom. The van der Waals surface area contributed by atoms with Crippen molar-refractivity contribution in [3.63, 3.8) is 0 Å². The molecule has 1 aromatic carbocycles. The van der Waals surface area contributed by atoms with Gasteiger partial charge in [0.2, 0.25) is 0 Å². The number of likely N-dealkylation sites (tertiary alicyclic amines) is 1. The molecule has 3 heterocycles. The Kier molecular flexibility index (Phi) is 5.17. The van der Waals surface area contributed by atoms with Crippen LogP contribution in [0.1, 0.15) is 30.9 Å². The highest BCUT2D eigenvalue weighted by atomic mass is 16.6. The Bertz CT molecular complexity index is 1050. The molecule has 0 radical (unpaired) electrons. The monoisotopic (exact) mass is 414 g/mol. The maximum Gasteiger partial charge on any atom is 0.410 e. The summed E-state index contributed by atoms with van der Waals surface area (Å²) in [6.07, 6.45) is 1.58. The quantitative estimate of drug-likeness (QED) is 0.714. The van der Waals surface area contributed by atoms with Crippen molar-refractivity contribution in [1.29, 1.82) is 0 Å². The van der Waals surface area contributed by atoms with Crippen LogP contribution in [0.5, 0.6) is 5.75 Å². The third-order valence-electron chi connectivity index (χ3n) is 5.93. The van der Waals surface area contributed by atoms with E-state index < -0.39 is 11.2 Å². The Labute approximate surface area is 174 Å². The SMILES string of the molecule is CCc1cc(=O)oc2cc(C)cc(OCC(=O)N3CCC4(CC3)CN(C)C(=O)O4)c12. The highest BCUT2D eigenvalue weighted by Crippen LogP contribution is 2.33. The van der Waals surface area contributed by atoms with E-state index in [1.165, 1.54) is 6.07 Å². The number of carbonyl (C=O) groups is 2. The summed E-state index contributed by atoms with van der Waals surface area (Å²) in [7, 11) is 1.72. The molecule has 2 amide bonds. The summed E-state index contributed by atoms with van der Waals surface area (Å²) in [5.41, 5.74) is 1.30. The number of carbonyl (C=O) groups excluding carboxylic acids is 2. The maximum atomic E-state index is 12.7. The van der Waals surface area contributed by atoms with Gasteiger partial charge in [-0.2, -0.15) is 0 Å². The van der Waals surface area contributed by atoms with Gasteiger partial charge in [-0.15, -0.1) is 0 Å². The van der Waals surface area contributed by atoms with Gasteiger partial charge < -0.3 is 23.7 Å². The molecule has 0 N–H and O–H groups in total. The molecule has 2 aromatic rings. The third kappa shape index (κ3) is 3.74. The lowest BCUT2D eigenvalue weighted by Gasteiger charge is -2.37. The second-order valence-corrected chi connectivity index (χ2v) is 8.16. The van der Waals surface area contributed by atoms with Crippen molar-refractivity contribution < 1.29 is 23.5 Å². The van der Waals surface area contributed by atoms with E-state index in [0.29, 0.717) is 50.2 Å². The highest BCUT2D eigenvalue weighted by molar-refractivity contribution is 5.88. The molecule has 8 nitrogen and oxygen atoms in total. The summed E-state index contributed by atoms with van der Waals surface area (Å²) in [5, 5.41) is 0.731. The van der Waals surface area contributed by atoms with Gasteiger partial charge in [-0.3, -0.25) is 4.79 Å². The highest BCUT2D eigenvalue weighted by Gasteiger charge is 2.46. The van der Waals surface area contributed by atoms with Crippen molar-refractivity contribution in [2.45, 2.75) is 38.7 Å². The first kappa shape index (κ1) is 20.3. The molecule has 30 heavy (non-hydrogen) atoms. The Balaban J connectivity index is 1.45. The van der Waals surface area contributed by atoms with Gasteiger partial charge in [0.25, 0.3) is 5.91 Å². The fraction of sp³-hybridized carbons (Fsp3) is 0.500. The summed E-state index contributed by atoms with van der Waals surface area (Å²) in [6, 6.07) is 5.12. The van der Waals surface area contributed by atoms with Crippen molar-refractivity contribution in [1.82, 2.24) is 9.80 Å². The largest absolute Gasteiger partial charge is 0.483 e. The van der Waals surface area contributed by atoms with Crippen LogP contribution in [0.4, 0.5) is 4.79 Å². The normalized spacial score (nSPS) is 18.2. The number of nitrogens with zero attached hydrogens (tertiary/aromatic N) is 2. The first-order valence-electron chi connectivity index (χ1n) is 10.2. The van der Waals surface area contributed by atoms with Crippen molar-refractivity contribution >= 4 is 23.0 Å². The van der Waals surface area contributed by atoms with Crippen molar-refractivity contribution in [3.8, 4) is 5.75 Å². The molecular weight excluding hydrogens is 388 g/mol. The molecular formula is C22H26N2O6. The number of piperidine rings is 1. The van der Waals surface area contributed by atoms with Crippen LogP contribution in [0.2, 0.25) is 0 Å². The molecule has 0 bridgehead atoms. The molecule has 0 atom stereocenters. The summed E-state index contributed by atoms with van der Waals surface area (Å²) < 4.78 is 16.8. The zero-order chi connectivity index (χ0) is 21.5. The van der Waals surface area contributed by atoms with E-state index in [0.717, 1.165) is 16.5 Å². The van der Waals surface area contributed by atoms with E-state index in [9.17, 15) is 14.4 Å². The summed E-state index contributed by atoms with van der Waals surface area (Å²) >= 11 is 0. The van der Waals surface area contributed by atoms with Crippen molar-refractivity contribution in [2.75, 3.05) is 33.3 Å². The smallest absolute Gasteiger partial charge is 0.410 e. The number of likely N-dealkylation sites (N-methyl/N-ethyl adjacent to an activating group) is 1. The van der Waals surface area contributed by atoms with Crippen LogP contribution in [0.3, 0.4) is 0 Å². The Hall–Kier alpha value is -3.03. The minimum atomic E-state index is -0.482. The van der Waals surface area contributed by atoms with Gasteiger partial charge in [0.05, 0.1) is 11.9 Å². The maximum absolute atomic E-state index is 12.7. The lowest BCUT2D eigenvalue weighted by atomic mass is 9.91. The lowest BCUT2D eigenvalue weighted by molar-refractivity contribution is -0.136. The first-order chi connectivity index (χ1) is 14.3. The third-order valence-corrected chi connectivity index (χ3v) is 5.93. The molecule has 0 saturated carbocycles. The van der Waals surface area contributed by atoms with Crippen LogP contribution in [0.15, 0.2) is 27.4 Å². The number of ether oxygens (including phenoxy) is 2. The minimum absolute atomic E-state index is 0.104. The number of hydrogen-bond donors (Lipinski definition) is 0. The molecule has 2 saturated heterocycles. The zero-order valence-corrected chi connectivity index (χ0v) is 17.5.